The lowest BCUT2D eigenvalue weighted by molar-refractivity contribution is -0.141. The first-order valence-corrected chi connectivity index (χ1v) is 9.43. The first-order valence-electron chi connectivity index (χ1n) is 9.43. The van der Waals surface area contributed by atoms with Crippen LogP contribution in [0.5, 0.6) is 0 Å². The zero-order valence-corrected chi connectivity index (χ0v) is 15.6. The highest BCUT2D eigenvalue weighted by molar-refractivity contribution is 5.88. The minimum atomic E-state index is -0.378. The van der Waals surface area contributed by atoms with Crippen LogP contribution in [0, 0.1) is 11.8 Å². The van der Waals surface area contributed by atoms with Crippen LogP contribution in [0.3, 0.4) is 0 Å². The van der Waals surface area contributed by atoms with Crippen molar-refractivity contribution in [3.8, 4) is 0 Å². The molecule has 25 heavy (non-hydrogen) atoms. The maximum atomic E-state index is 13.6. The van der Waals surface area contributed by atoms with Crippen LogP contribution in [0.1, 0.15) is 31.2 Å². The summed E-state index contributed by atoms with van der Waals surface area (Å²) in [6.45, 7) is 5.45. The molecule has 1 aromatic rings. The van der Waals surface area contributed by atoms with Gasteiger partial charge in [0.2, 0.25) is 5.91 Å². The lowest BCUT2D eigenvalue weighted by Gasteiger charge is -2.40. The molecule has 4 rings (SSSR count). The summed E-state index contributed by atoms with van der Waals surface area (Å²) in [4.78, 5) is 15.8. The number of rotatable bonds is 2. The molecule has 5 heteroatoms. The Morgan fingerprint density at radius 2 is 1.64 bits per heavy atom. The van der Waals surface area contributed by atoms with E-state index in [0.717, 1.165) is 63.7 Å². The lowest BCUT2D eigenvalue weighted by Crippen LogP contribution is -2.50. The quantitative estimate of drug-likeness (QED) is 0.877. The highest BCUT2D eigenvalue weighted by atomic mass is 35.5. The van der Waals surface area contributed by atoms with Crippen molar-refractivity contribution in [1.29, 1.82) is 0 Å². The molecule has 0 aromatic heterocycles. The Labute approximate surface area is 156 Å². The summed E-state index contributed by atoms with van der Waals surface area (Å²) in [5.41, 5.74) is 0.793. The van der Waals surface area contributed by atoms with E-state index >= 15 is 0 Å². The Bertz CT molecular complexity index is 560. The van der Waals surface area contributed by atoms with E-state index in [4.69, 9.17) is 4.74 Å². The summed E-state index contributed by atoms with van der Waals surface area (Å²) in [7, 11) is 0. The van der Waals surface area contributed by atoms with Crippen LogP contribution in [0.25, 0.3) is 0 Å². The number of likely N-dealkylation sites (tertiary alicyclic amines) is 1. The zero-order valence-electron chi connectivity index (χ0n) is 14.8. The molecule has 3 fully saturated rings. The van der Waals surface area contributed by atoms with E-state index in [9.17, 15) is 4.79 Å². The lowest BCUT2D eigenvalue weighted by atomic mass is 9.73. The minimum absolute atomic E-state index is 0. The van der Waals surface area contributed by atoms with E-state index in [1.54, 1.807) is 0 Å². The number of hydrogen-bond acceptors (Lipinski definition) is 3. The monoisotopic (exact) mass is 364 g/mol. The fraction of sp³-hybridized carbons (Fsp3) is 0.650. The van der Waals surface area contributed by atoms with Gasteiger partial charge in [-0.1, -0.05) is 30.3 Å². The van der Waals surface area contributed by atoms with Crippen LogP contribution in [0.2, 0.25) is 0 Å². The summed E-state index contributed by atoms with van der Waals surface area (Å²) in [6, 6.07) is 10.4. The number of carbonyl (C=O) groups excluding carboxylic acids is 1. The molecule has 0 radical (unpaired) electrons. The van der Waals surface area contributed by atoms with Gasteiger partial charge < -0.3 is 15.0 Å². The molecule has 3 aliphatic rings. The van der Waals surface area contributed by atoms with Gasteiger partial charge in [-0.2, -0.15) is 0 Å². The molecule has 0 spiro atoms. The molecular weight excluding hydrogens is 336 g/mol. The van der Waals surface area contributed by atoms with Gasteiger partial charge in [0.25, 0.3) is 0 Å². The van der Waals surface area contributed by atoms with Crippen molar-refractivity contribution in [2.75, 3.05) is 39.4 Å². The van der Waals surface area contributed by atoms with Crippen LogP contribution in [0.15, 0.2) is 30.3 Å². The third-order valence-corrected chi connectivity index (χ3v) is 6.39. The average molecular weight is 365 g/mol. The van der Waals surface area contributed by atoms with Crippen molar-refractivity contribution in [2.24, 2.45) is 11.8 Å². The second-order valence-electron chi connectivity index (χ2n) is 7.61. The molecule has 0 saturated carbocycles. The topological polar surface area (TPSA) is 41.6 Å². The summed E-state index contributed by atoms with van der Waals surface area (Å²) < 4.78 is 5.59. The van der Waals surface area contributed by atoms with Crippen molar-refractivity contribution in [2.45, 2.75) is 31.1 Å². The summed E-state index contributed by atoms with van der Waals surface area (Å²) in [5.74, 6) is 1.85. The average Bonchev–Trinajstić information content (AvgIpc) is 3.01. The second-order valence-corrected chi connectivity index (χ2v) is 7.61. The molecular formula is C20H29ClN2O2. The first kappa shape index (κ1) is 18.7. The van der Waals surface area contributed by atoms with Gasteiger partial charge in [0.15, 0.2) is 0 Å². The van der Waals surface area contributed by atoms with Gasteiger partial charge >= 0.3 is 0 Å². The standard InChI is InChI=1S/C20H28N2O2.ClH/c23-19(22-10-6-16-14-21-15-17(16)7-11-22)20(8-12-24-13-9-20)18-4-2-1-3-5-18;/h1-5,16-17,21H,6-15H2;1H/t16-,17+;. The van der Waals surface area contributed by atoms with Crippen LogP contribution >= 0.6 is 12.4 Å². The van der Waals surface area contributed by atoms with E-state index in [1.165, 1.54) is 5.56 Å². The van der Waals surface area contributed by atoms with Crippen molar-refractivity contribution in [3.05, 3.63) is 35.9 Å². The predicted molar refractivity (Wildman–Crippen MR) is 101 cm³/mol. The molecule has 1 N–H and O–H groups in total. The molecule has 2 atom stereocenters. The molecule has 0 unspecified atom stereocenters. The Hall–Kier alpha value is -1.10. The molecule has 138 valence electrons. The minimum Gasteiger partial charge on any atom is -0.381 e. The van der Waals surface area contributed by atoms with Crippen molar-refractivity contribution >= 4 is 18.3 Å². The maximum Gasteiger partial charge on any atom is 0.233 e. The molecule has 3 heterocycles. The number of benzene rings is 1. The van der Waals surface area contributed by atoms with E-state index in [2.05, 4.69) is 34.5 Å². The van der Waals surface area contributed by atoms with Crippen LogP contribution < -0.4 is 5.32 Å². The number of fused-ring (bicyclic) bond motifs is 1. The highest BCUT2D eigenvalue weighted by Gasteiger charge is 2.44. The van der Waals surface area contributed by atoms with E-state index < -0.39 is 0 Å². The van der Waals surface area contributed by atoms with Crippen molar-refractivity contribution < 1.29 is 9.53 Å². The smallest absolute Gasteiger partial charge is 0.233 e. The molecule has 1 amide bonds. The molecule has 0 aliphatic carbocycles. The Morgan fingerprint density at radius 1 is 1.04 bits per heavy atom. The predicted octanol–water partition coefficient (Wildman–Crippen LogP) is 2.61. The number of hydrogen-bond donors (Lipinski definition) is 1. The number of carbonyl (C=O) groups is 1. The maximum absolute atomic E-state index is 13.6. The summed E-state index contributed by atoms with van der Waals surface area (Å²) >= 11 is 0. The number of amides is 1. The largest absolute Gasteiger partial charge is 0.381 e. The van der Waals surface area contributed by atoms with E-state index in [0.29, 0.717) is 19.1 Å². The van der Waals surface area contributed by atoms with E-state index in [-0.39, 0.29) is 17.8 Å². The molecule has 0 bridgehead atoms. The van der Waals surface area contributed by atoms with Gasteiger partial charge in [0.1, 0.15) is 0 Å². The van der Waals surface area contributed by atoms with Crippen LogP contribution in [-0.4, -0.2) is 50.2 Å². The number of halogens is 1. The van der Waals surface area contributed by atoms with Gasteiger partial charge in [-0.15, -0.1) is 12.4 Å². The molecule has 3 saturated heterocycles. The Balaban J connectivity index is 0.00000182. The van der Waals surface area contributed by atoms with E-state index in [1.807, 2.05) is 6.07 Å². The Kier molecular flexibility index (Phi) is 6.03. The highest BCUT2D eigenvalue weighted by Crippen LogP contribution is 2.38. The van der Waals surface area contributed by atoms with Crippen molar-refractivity contribution in [1.82, 2.24) is 10.2 Å². The third kappa shape index (κ3) is 3.57. The van der Waals surface area contributed by atoms with Gasteiger partial charge in [-0.05, 0) is 56.2 Å². The first-order chi connectivity index (χ1) is 11.8. The van der Waals surface area contributed by atoms with Gasteiger partial charge in [0.05, 0.1) is 5.41 Å². The number of ether oxygens (including phenoxy) is 1. The number of nitrogens with one attached hydrogen (secondary N) is 1. The second kappa shape index (κ2) is 8.07. The van der Waals surface area contributed by atoms with Gasteiger partial charge in [-0.25, -0.2) is 0 Å². The number of nitrogens with zero attached hydrogens (tertiary/aromatic N) is 1. The fourth-order valence-corrected chi connectivity index (χ4v) is 4.83. The molecule has 3 aliphatic heterocycles. The van der Waals surface area contributed by atoms with Gasteiger partial charge in [0, 0.05) is 26.3 Å². The summed E-state index contributed by atoms with van der Waals surface area (Å²) in [5, 5.41) is 3.51. The van der Waals surface area contributed by atoms with Crippen molar-refractivity contribution in [3.63, 3.8) is 0 Å². The van der Waals surface area contributed by atoms with Gasteiger partial charge in [-0.3, -0.25) is 4.79 Å². The third-order valence-electron chi connectivity index (χ3n) is 6.39. The summed E-state index contributed by atoms with van der Waals surface area (Å²) in [6.07, 6.45) is 3.90. The fourth-order valence-electron chi connectivity index (χ4n) is 4.83. The normalized spacial score (nSPS) is 28.6. The van der Waals surface area contributed by atoms with Crippen LogP contribution in [0.4, 0.5) is 0 Å². The molecule has 4 nitrogen and oxygen atoms in total. The Morgan fingerprint density at radius 3 is 2.24 bits per heavy atom. The SMILES string of the molecule is Cl.O=C(N1CC[C@@H]2CNC[C@@H]2CC1)C1(c2ccccc2)CCOCC1. The zero-order chi connectivity index (χ0) is 16.4. The molecule has 1 aromatic carbocycles. The van der Waals surface area contributed by atoms with Crippen LogP contribution in [-0.2, 0) is 14.9 Å².